The first-order valence-corrected chi connectivity index (χ1v) is 5.26. The van der Waals surface area contributed by atoms with Crippen molar-refractivity contribution in [1.29, 1.82) is 5.26 Å². The summed E-state index contributed by atoms with van der Waals surface area (Å²) in [6, 6.07) is 10.6. The van der Waals surface area contributed by atoms with Gasteiger partial charge in [0.05, 0.1) is 23.3 Å². The molecular formula is C13H7N3O2. The van der Waals surface area contributed by atoms with Crippen molar-refractivity contribution in [2.45, 2.75) is 0 Å². The summed E-state index contributed by atoms with van der Waals surface area (Å²) in [5, 5.41) is 15.7. The van der Waals surface area contributed by atoms with Gasteiger partial charge in [0.1, 0.15) is 5.69 Å². The zero-order chi connectivity index (χ0) is 12.5. The minimum Gasteiger partial charge on any atom is -0.462 e. The summed E-state index contributed by atoms with van der Waals surface area (Å²) in [5.41, 5.74) is 1.91. The van der Waals surface area contributed by atoms with Crippen LogP contribution in [0.3, 0.4) is 0 Å². The molecule has 0 saturated heterocycles. The van der Waals surface area contributed by atoms with Gasteiger partial charge in [-0.2, -0.15) is 10.4 Å². The van der Waals surface area contributed by atoms with Gasteiger partial charge in [0, 0.05) is 5.56 Å². The van der Waals surface area contributed by atoms with Gasteiger partial charge >= 0.3 is 0 Å². The molecule has 2 aromatic heterocycles. The van der Waals surface area contributed by atoms with Crippen LogP contribution in [0.15, 0.2) is 45.8 Å². The Kier molecular flexibility index (Phi) is 2.21. The average molecular weight is 237 g/mol. The molecule has 0 fully saturated rings. The van der Waals surface area contributed by atoms with Crippen molar-refractivity contribution in [3.05, 3.63) is 52.5 Å². The van der Waals surface area contributed by atoms with E-state index in [0.29, 0.717) is 22.2 Å². The summed E-state index contributed by atoms with van der Waals surface area (Å²) >= 11 is 0. The molecule has 5 heteroatoms. The van der Waals surface area contributed by atoms with Crippen molar-refractivity contribution in [3.8, 4) is 17.3 Å². The molecule has 18 heavy (non-hydrogen) atoms. The van der Waals surface area contributed by atoms with Gasteiger partial charge in [-0.1, -0.05) is 12.1 Å². The highest BCUT2D eigenvalue weighted by Gasteiger charge is 2.11. The molecule has 3 aromatic rings. The van der Waals surface area contributed by atoms with E-state index in [-0.39, 0.29) is 5.56 Å². The molecule has 0 amide bonds. The Labute approximate surface area is 101 Å². The maximum Gasteiger partial charge on any atom is 0.275 e. The molecule has 1 aromatic carbocycles. The molecule has 0 unspecified atom stereocenters. The third-order valence-corrected chi connectivity index (χ3v) is 2.66. The summed E-state index contributed by atoms with van der Waals surface area (Å²) in [6.45, 7) is 0. The van der Waals surface area contributed by atoms with Gasteiger partial charge in [-0.05, 0) is 18.2 Å². The van der Waals surface area contributed by atoms with Crippen LogP contribution in [0.2, 0.25) is 0 Å². The van der Waals surface area contributed by atoms with Crippen LogP contribution in [0, 0.1) is 11.3 Å². The number of fused-ring (bicyclic) bond motifs is 1. The highest BCUT2D eigenvalue weighted by Crippen LogP contribution is 2.25. The standard InChI is InChI=1S/C13H7N3O2/c14-7-8-2-1-3-9(6-8)11-12-10(4-5-18-12)13(17)16-15-11/h1-6H,(H,16,17). The molecule has 0 bridgehead atoms. The molecular weight excluding hydrogens is 230 g/mol. The number of nitriles is 1. The predicted octanol–water partition coefficient (Wildman–Crippen LogP) is 2.05. The number of aromatic nitrogens is 2. The summed E-state index contributed by atoms with van der Waals surface area (Å²) in [6.07, 6.45) is 1.44. The first kappa shape index (κ1) is 10.3. The zero-order valence-electron chi connectivity index (χ0n) is 9.18. The van der Waals surface area contributed by atoms with Gasteiger partial charge in [0.2, 0.25) is 0 Å². The summed E-state index contributed by atoms with van der Waals surface area (Å²) in [5.74, 6) is 0. The van der Waals surface area contributed by atoms with Crippen LogP contribution in [-0.4, -0.2) is 10.2 Å². The van der Waals surface area contributed by atoms with E-state index in [0.717, 1.165) is 5.56 Å². The van der Waals surface area contributed by atoms with Crippen molar-refractivity contribution in [3.63, 3.8) is 0 Å². The Bertz CT molecular complexity index is 824. The molecule has 86 valence electrons. The van der Waals surface area contributed by atoms with Crippen molar-refractivity contribution in [2.75, 3.05) is 0 Å². The fourth-order valence-electron chi connectivity index (χ4n) is 1.82. The van der Waals surface area contributed by atoms with Gasteiger partial charge in [-0.15, -0.1) is 0 Å². The van der Waals surface area contributed by atoms with Crippen molar-refractivity contribution in [1.82, 2.24) is 10.2 Å². The molecule has 1 N–H and O–H groups in total. The lowest BCUT2D eigenvalue weighted by molar-refractivity contribution is 0.614. The van der Waals surface area contributed by atoms with Gasteiger partial charge in [-0.3, -0.25) is 4.79 Å². The van der Waals surface area contributed by atoms with Crippen molar-refractivity contribution in [2.24, 2.45) is 0 Å². The molecule has 3 rings (SSSR count). The lowest BCUT2D eigenvalue weighted by Gasteiger charge is -2.01. The van der Waals surface area contributed by atoms with Gasteiger partial charge in [0.15, 0.2) is 5.58 Å². The molecule has 0 spiro atoms. The van der Waals surface area contributed by atoms with E-state index in [4.69, 9.17) is 9.68 Å². The molecule has 5 nitrogen and oxygen atoms in total. The van der Waals surface area contributed by atoms with E-state index >= 15 is 0 Å². The van der Waals surface area contributed by atoms with E-state index < -0.39 is 0 Å². The first-order chi connectivity index (χ1) is 8.79. The Hall–Kier alpha value is -2.87. The largest absolute Gasteiger partial charge is 0.462 e. The molecule has 0 aliphatic heterocycles. The van der Waals surface area contributed by atoms with Crippen LogP contribution in [-0.2, 0) is 0 Å². The fourth-order valence-corrected chi connectivity index (χ4v) is 1.82. The lowest BCUT2D eigenvalue weighted by Crippen LogP contribution is -2.07. The fraction of sp³-hybridized carbons (Fsp3) is 0. The van der Waals surface area contributed by atoms with Gasteiger partial charge < -0.3 is 4.42 Å². The number of hydrogen-bond acceptors (Lipinski definition) is 4. The molecule has 2 heterocycles. The minimum atomic E-state index is -0.293. The van der Waals surface area contributed by atoms with Crippen LogP contribution >= 0.6 is 0 Å². The maximum atomic E-state index is 11.5. The second kappa shape index (κ2) is 3.86. The predicted molar refractivity (Wildman–Crippen MR) is 64.8 cm³/mol. The number of benzene rings is 1. The number of rotatable bonds is 1. The zero-order valence-corrected chi connectivity index (χ0v) is 9.18. The van der Waals surface area contributed by atoms with Crippen molar-refractivity contribution < 1.29 is 4.42 Å². The van der Waals surface area contributed by atoms with Crippen LogP contribution < -0.4 is 5.56 Å². The number of hydrogen-bond donors (Lipinski definition) is 1. The van der Waals surface area contributed by atoms with E-state index in [9.17, 15) is 4.79 Å². The molecule has 0 saturated carbocycles. The topological polar surface area (TPSA) is 82.7 Å². The number of aromatic amines is 1. The summed E-state index contributed by atoms with van der Waals surface area (Å²) < 4.78 is 5.29. The number of furan rings is 1. The first-order valence-electron chi connectivity index (χ1n) is 5.26. The van der Waals surface area contributed by atoms with E-state index in [1.165, 1.54) is 6.26 Å². The Morgan fingerprint density at radius 1 is 1.33 bits per heavy atom. The average Bonchev–Trinajstić information content (AvgIpc) is 2.89. The van der Waals surface area contributed by atoms with E-state index in [2.05, 4.69) is 16.3 Å². The normalized spacial score (nSPS) is 10.4. The van der Waals surface area contributed by atoms with E-state index in [1.54, 1.807) is 24.3 Å². The third-order valence-electron chi connectivity index (χ3n) is 2.66. The highest BCUT2D eigenvalue weighted by atomic mass is 16.3. The maximum absolute atomic E-state index is 11.5. The summed E-state index contributed by atoms with van der Waals surface area (Å²) in [4.78, 5) is 11.5. The molecule has 0 atom stereocenters. The highest BCUT2D eigenvalue weighted by molar-refractivity contribution is 5.89. The smallest absolute Gasteiger partial charge is 0.275 e. The lowest BCUT2D eigenvalue weighted by atomic mass is 10.1. The Morgan fingerprint density at radius 2 is 2.22 bits per heavy atom. The van der Waals surface area contributed by atoms with Gasteiger partial charge in [-0.25, -0.2) is 5.10 Å². The van der Waals surface area contributed by atoms with Crippen molar-refractivity contribution >= 4 is 11.0 Å². The van der Waals surface area contributed by atoms with Gasteiger partial charge in [0.25, 0.3) is 5.56 Å². The van der Waals surface area contributed by atoms with E-state index in [1.807, 2.05) is 6.07 Å². The quantitative estimate of drug-likeness (QED) is 0.702. The number of H-pyrrole nitrogens is 1. The number of nitrogens with one attached hydrogen (secondary N) is 1. The van der Waals surface area contributed by atoms with Crippen LogP contribution in [0.4, 0.5) is 0 Å². The minimum absolute atomic E-state index is 0.293. The van der Waals surface area contributed by atoms with Crippen LogP contribution in [0.1, 0.15) is 5.56 Å². The monoisotopic (exact) mass is 237 g/mol. The van der Waals surface area contributed by atoms with Crippen LogP contribution in [0.5, 0.6) is 0 Å². The summed E-state index contributed by atoms with van der Waals surface area (Å²) in [7, 11) is 0. The Morgan fingerprint density at radius 3 is 3.06 bits per heavy atom. The third kappa shape index (κ3) is 1.48. The second-order valence-electron chi connectivity index (χ2n) is 3.76. The SMILES string of the molecule is N#Cc1cccc(-c2n[nH]c(=O)c3ccoc23)c1. The number of nitrogens with zero attached hydrogens (tertiary/aromatic N) is 2. The second-order valence-corrected chi connectivity index (χ2v) is 3.76. The van der Waals surface area contributed by atoms with Crippen LogP contribution in [0.25, 0.3) is 22.2 Å². The molecule has 0 aliphatic rings. The molecule has 0 radical (unpaired) electrons. The Balaban J connectivity index is 2.32. The molecule has 0 aliphatic carbocycles.